The zero-order chi connectivity index (χ0) is 58.4. The number of phosphoric ester groups is 1. The lowest BCUT2D eigenvalue weighted by atomic mass is 10.0. The third-order valence-corrected chi connectivity index (χ3v) is 16.9. The van der Waals surface area contributed by atoms with E-state index in [9.17, 15) is 19.0 Å². The van der Waals surface area contributed by atoms with Crippen LogP contribution in [0.25, 0.3) is 0 Å². The highest BCUT2D eigenvalue weighted by molar-refractivity contribution is 7.47. The van der Waals surface area contributed by atoms with Crippen molar-refractivity contribution in [3.63, 3.8) is 0 Å². The minimum absolute atomic E-state index is 0.0349. The van der Waals surface area contributed by atoms with Crippen LogP contribution in [0.15, 0.2) is 24.3 Å². The number of allylic oxidation sites excluding steroid dienone is 4. The van der Waals surface area contributed by atoms with Crippen LogP contribution in [-0.2, 0) is 32.7 Å². The van der Waals surface area contributed by atoms with E-state index in [0.29, 0.717) is 23.9 Å². The Morgan fingerprint density at radius 2 is 0.637 bits per heavy atom. The second-order valence-corrected chi connectivity index (χ2v) is 26.7. The van der Waals surface area contributed by atoms with Crippen molar-refractivity contribution in [3.8, 4) is 0 Å². The fourth-order valence-electron chi connectivity index (χ4n) is 10.5. The van der Waals surface area contributed by atoms with E-state index < -0.39 is 26.5 Å². The largest absolute Gasteiger partial charge is 0.472 e. The zero-order valence-corrected chi connectivity index (χ0v) is 55.0. The van der Waals surface area contributed by atoms with Crippen LogP contribution in [0.1, 0.15) is 361 Å². The number of likely N-dealkylation sites (N-methyl/N-ethyl adjacent to an activating group) is 1. The molecule has 0 amide bonds. The number of nitrogens with zero attached hydrogens (tertiary/aromatic N) is 1. The molecule has 0 heterocycles. The fraction of sp³-hybridized carbons (Fsp3) is 0.914. The minimum Gasteiger partial charge on any atom is -0.462 e. The number of rotatable bonds is 66. The lowest BCUT2D eigenvalue weighted by Gasteiger charge is -2.24. The summed E-state index contributed by atoms with van der Waals surface area (Å²) in [4.78, 5) is 35.8. The van der Waals surface area contributed by atoms with Gasteiger partial charge in [0, 0.05) is 12.8 Å². The van der Waals surface area contributed by atoms with Crippen LogP contribution in [0.5, 0.6) is 0 Å². The molecular formula is C70H137NO8P+. The van der Waals surface area contributed by atoms with Crippen molar-refractivity contribution >= 4 is 19.8 Å². The summed E-state index contributed by atoms with van der Waals surface area (Å²) in [5.41, 5.74) is 0. The minimum atomic E-state index is -4.39. The smallest absolute Gasteiger partial charge is 0.462 e. The summed E-state index contributed by atoms with van der Waals surface area (Å²) in [6.07, 6.45) is 77.2. The predicted octanol–water partition coefficient (Wildman–Crippen LogP) is 22.5. The molecule has 0 fully saturated rings. The highest BCUT2D eigenvalue weighted by atomic mass is 31.2. The SMILES string of the molecule is CCCCCCCCCC/C=C\CCCCCCCCCCCCCCCCCCCCCCCC(=O)OC(COC(=O)CCCCCCCCCCCCC/C=C\CCCCCCCCCC)COP(=O)(O)OCC[N+](C)(C)C. The molecule has 0 radical (unpaired) electrons. The molecule has 0 spiro atoms. The first kappa shape index (κ1) is 78.5. The summed E-state index contributed by atoms with van der Waals surface area (Å²) in [6.45, 7) is 4.50. The molecule has 0 aromatic heterocycles. The lowest BCUT2D eigenvalue weighted by Crippen LogP contribution is -2.37. The summed E-state index contributed by atoms with van der Waals surface area (Å²) in [6, 6.07) is 0. The molecule has 0 aromatic rings. The van der Waals surface area contributed by atoms with Gasteiger partial charge >= 0.3 is 19.8 Å². The molecule has 80 heavy (non-hydrogen) atoms. The first-order chi connectivity index (χ1) is 39.0. The van der Waals surface area contributed by atoms with Crippen LogP contribution < -0.4 is 0 Å². The molecule has 0 aliphatic rings. The Balaban J connectivity index is 3.98. The topological polar surface area (TPSA) is 108 Å². The first-order valence-corrected chi connectivity index (χ1v) is 36.6. The van der Waals surface area contributed by atoms with E-state index >= 15 is 0 Å². The number of esters is 2. The van der Waals surface area contributed by atoms with Crippen LogP contribution in [0.3, 0.4) is 0 Å². The van der Waals surface area contributed by atoms with Gasteiger partial charge in [0.1, 0.15) is 19.8 Å². The Morgan fingerprint density at radius 3 is 0.925 bits per heavy atom. The number of unbranched alkanes of at least 4 members (excludes halogenated alkanes) is 48. The van der Waals surface area contributed by atoms with Crippen LogP contribution in [0, 0.1) is 0 Å². The molecule has 0 bridgehead atoms. The summed E-state index contributed by atoms with van der Waals surface area (Å²) in [5.74, 6) is -0.777. The van der Waals surface area contributed by atoms with Crippen LogP contribution in [-0.4, -0.2) is 74.9 Å². The van der Waals surface area contributed by atoms with Gasteiger partial charge in [-0.2, -0.15) is 0 Å². The van der Waals surface area contributed by atoms with Gasteiger partial charge in [0.05, 0.1) is 27.7 Å². The zero-order valence-electron chi connectivity index (χ0n) is 54.1. The molecule has 474 valence electrons. The molecule has 0 aliphatic carbocycles. The molecule has 0 saturated heterocycles. The lowest BCUT2D eigenvalue weighted by molar-refractivity contribution is -0.870. The quantitative estimate of drug-likeness (QED) is 0.0211. The predicted molar refractivity (Wildman–Crippen MR) is 344 cm³/mol. The van der Waals surface area contributed by atoms with Crippen molar-refractivity contribution in [1.82, 2.24) is 0 Å². The van der Waals surface area contributed by atoms with E-state index in [0.717, 1.165) is 32.1 Å². The standard InChI is InChI=1S/C70H136NO8P/c1-6-8-10-12-14-16-18-20-22-24-26-28-30-31-32-33-34-35-36-37-38-39-41-43-45-47-49-51-53-55-57-59-61-63-70(73)79-68(67-78-80(74,75)77-65-64-71(3,4)5)66-76-69(72)62-60-58-56-54-52-50-48-46-44-42-40-29-27-25-23-21-19-17-15-13-11-9-7-2/h24-27,68H,6-23,28-67H2,1-5H3/p+1/b26-24-,27-25-. The Hall–Kier alpha value is -1.51. The Bertz CT molecular complexity index is 1400. The molecule has 0 saturated carbocycles. The third kappa shape index (κ3) is 65.6. The van der Waals surface area contributed by atoms with E-state index in [1.165, 1.54) is 295 Å². The Morgan fingerprint density at radius 1 is 0.375 bits per heavy atom. The van der Waals surface area contributed by atoms with E-state index in [4.69, 9.17) is 18.5 Å². The molecule has 0 aromatic carbocycles. The van der Waals surface area contributed by atoms with Gasteiger partial charge in [-0.15, -0.1) is 0 Å². The number of hydrogen-bond acceptors (Lipinski definition) is 7. The van der Waals surface area contributed by atoms with Crippen molar-refractivity contribution in [1.29, 1.82) is 0 Å². The average molecular weight is 1150 g/mol. The molecule has 10 heteroatoms. The van der Waals surface area contributed by atoms with Gasteiger partial charge in [-0.1, -0.05) is 308 Å². The molecule has 0 aliphatic heterocycles. The Labute approximate surface area is 498 Å². The van der Waals surface area contributed by atoms with E-state index in [1.807, 2.05) is 21.1 Å². The maximum Gasteiger partial charge on any atom is 0.472 e. The maximum atomic E-state index is 12.9. The molecule has 2 unspecified atom stereocenters. The van der Waals surface area contributed by atoms with E-state index in [2.05, 4.69) is 38.2 Å². The molecule has 0 rings (SSSR count). The number of carbonyl (C=O) groups excluding carboxylic acids is 2. The number of quaternary nitrogens is 1. The van der Waals surface area contributed by atoms with Crippen LogP contribution >= 0.6 is 7.82 Å². The monoisotopic (exact) mass is 1150 g/mol. The van der Waals surface area contributed by atoms with Gasteiger partial charge in [-0.25, -0.2) is 4.57 Å². The Kier molecular flexibility index (Phi) is 60.9. The first-order valence-electron chi connectivity index (χ1n) is 35.1. The fourth-order valence-corrected chi connectivity index (χ4v) is 11.3. The third-order valence-electron chi connectivity index (χ3n) is 16.0. The summed E-state index contributed by atoms with van der Waals surface area (Å²) in [5, 5.41) is 0. The van der Waals surface area contributed by atoms with E-state index in [-0.39, 0.29) is 25.6 Å². The number of phosphoric acid groups is 1. The highest BCUT2D eigenvalue weighted by Gasteiger charge is 2.27. The number of carbonyl (C=O) groups is 2. The second kappa shape index (κ2) is 62.0. The normalized spacial score (nSPS) is 13.2. The van der Waals surface area contributed by atoms with Gasteiger partial charge in [-0.3, -0.25) is 18.6 Å². The van der Waals surface area contributed by atoms with Gasteiger partial charge in [0.25, 0.3) is 0 Å². The van der Waals surface area contributed by atoms with Crippen molar-refractivity contribution in [2.75, 3.05) is 47.5 Å². The molecule has 9 nitrogen and oxygen atoms in total. The van der Waals surface area contributed by atoms with Crippen molar-refractivity contribution in [3.05, 3.63) is 24.3 Å². The van der Waals surface area contributed by atoms with Crippen molar-refractivity contribution in [2.24, 2.45) is 0 Å². The van der Waals surface area contributed by atoms with Crippen molar-refractivity contribution in [2.45, 2.75) is 367 Å². The van der Waals surface area contributed by atoms with Gasteiger partial charge < -0.3 is 18.9 Å². The summed E-state index contributed by atoms with van der Waals surface area (Å²) in [7, 11) is 1.50. The highest BCUT2D eigenvalue weighted by Crippen LogP contribution is 2.43. The summed E-state index contributed by atoms with van der Waals surface area (Å²) >= 11 is 0. The van der Waals surface area contributed by atoms with Crippen LogP contribution in [0.2, 0.25) is 0 Å². The maximum absolute atomic E-state index is 12.9. The number of hydrogen-bond donors (Lipinski definition) is 1. The van der Waals surface area contributed by atoms with Gasteiger partial charge in [0.15, 0.2) is 6.10 Å². The van der Waals surface area contributed by atoms with Gasteiger partial charge in [-0.05, 0) is 64.2 Å². The number of ether oxygens (including phenoxy) is 2. The van der Waals surface area contributed by atoms with Crippen molar-refractivity contribution < 1.29 is 42.1 Å². The van der Waals surface area contributed by atoms with Gasteiger partial charge in [0.2, 0.25) is 0 Å². The molecule has 2 atom stereocenters. The van der Waals surface area contributed by atoms with E-state index in [1.54, 1.807) is 0 Å². The second-order valence-electron chi connectivity index (χ2n) is 25.3. The molecule has 1 N–H and O–H groups in total. The average Bonchev–Trinajstić information content (AvgIpc) is 3.42. The molecular weight excluding hydrogens is 1010 g/mol. The summed E-state index contributed by atoms with van der Waals surface area (Å²) < 4.78 is 34.7. The van der Waals surface area contributed by atoms with Crippen LogP contribution in [0.4, 0.5) is 0 Å².